The third-order valence-electron chi connectivity index (χ3n) is 4.78. The van der Waals surface area contributed by atoms with Crippen LogP contribution in [0, 0.1) is 5.82 Å². The zero-order valence-corrected chi connectivity index (χ0v) is 16.6. The summed E-state index contributed by atoms with van der Waals surface area (Å²) < 4.78 is 31.5. The van der Waals surface area contributed by atoms with Crippen molar-refractivity contribution in [3.8, 4) is 11.5 Å². The number of hydrogen-bond acceptors (Lipinski definition) is 7. The fraction of sp³-hybridized carbons (Fsp3) is 0.190. The molecule has 30 heavy (non-hydrogen) atoms. The average molecular weight is 410 g/mol. The molecule has 8 nitrogen and oxygen atoms in total. The van der Waals surface area contributed by atoms with Crippen LogP contribution >= 0.6 is 0 Å². The molecule has 0 spiro atoms. The highest BCUT2D eigenvalue weighted by Crippen LogP contribution is 2.28. The van der Waals surface area contributed by atoms with Crippen LogP contribution in [0.25, 0.3) is 16.6 Å². The van der Waals surface area contributed by atoms with Crippen LogP contribution in [-0.4, -0.2) is 41.7 Å². The van der Waals surface area contributed by atoms with E-state index in [2.05, 4.69) is 20.0 Å². The van der Waals surface area contributed by atoms with E-state index < -0.39 is 11.8 Å². The normalized spacial score (nSPS) is 10.9. The van der Waals surface area contributed by atoms with Crippen molar-refractivity contribution in [2.24, 2.45) is 0 Å². The second kappa shape index (κ2) is 7.86. The highest BCUT2D eigenvalue weighted by Gasteiger charge is 2.17. The number of anilines is 1. The number of nitrogens with one attached hydrogen (secondary N) is 1. The molecule has 2 heterocycles. The molecule has 0 radical (unpaired) electrons. The first kappa shape index (κ1) is 19.4. The predicted molar refractivity (Wildman–Crippen MR) is 109 cm³/mol. The summed E-state index contributed by atoms with van der Waals surface area (Å²) in [5.41, 5.74) is 2.32. The number of benzene rings is 2. The Labute approximate surface area is 171 Å². The van der Waals surface area contributed by atoms with E-state index >= 15 is 0 Å². The van der Waals surface area contributed by atoms with E-state index in [0.717, 1.165) is 5.56 Å². The fourth-order valence-electron chi connectivity index (χ4n) is 3.25. The van der Waals surface area contributed by atoms with Crippen LogP contribution in [0.4, 0.5) is 10.2 Å². The van der Waals surface area contributed by atoms with Crippen LogP contribution < -0.4 is 14.8 Å². The molecule has 0 atom stereocenters. The zero-order chi connectivity index (χ0) is 21.3. The topological polar surface area (TPSA) is 87.0 Å². The number of ether oxygens (including phenoxy) is 3. The Morgan fingerprint density at radius 3 is 2.70 bits per heavy atom. The van der Waals surface area contributed by atoms with Gasteiger partial charge in [0.05, 0.1) is 50.5 Å². The Hall–Kier alpha value is -3.88. The molecule has 2 aromatic heterocycles. The van der Waals surface area contributed by atoms with Gasteiger partial charge in [-0.2, -0.15) is 0 Å². The molecule has 154 valence electrons. The summed E-state index contributed by atoms with van der Waals surface area (Å²) in [5, 5.41) is 3.26. The number of imidazole rings is 1. The third-order valence-corrected chi connectivity index (χ3v) is 4.78. The van der Waals surface area contributed by atoms with Gasteiger partial charge in [-0.05, 0) is 18.2 Å². The molecule has 0 saturated heterocycles. The number of methoxy groups -OCH3 is 3. The molecule has 0 amide bonds. The largest absolute Gasteiger partial charge is 0.497 e. The van der Waals surface area contributed by atoms with Crippen LogP contribution in [-0.2, 0) is 11.3 Å². The van der Waals surface area contributed by atoms with E-state index in [4.69, 9.17) is 9.47 Å². The highest BCUT2D eigenvalue weighted by atomic mass is 19.1. The van der Waals surface area contributed by atoms with E-state index in [1.807, 2.05) is 12.1 Å². The molecule has 0 bridgehead atoms. The number of esters is 1. The average Bonchev–Trinajstić information content (AvgIpc) is 3.26. The van der Waals surface area contributed by atoms with E-state index in [1.54, 1.807) is 37.2 Å². The van der Waals surface area contributed by atoms with Crippen molar-refractivity contribution in [3.63, 3.8) is 0 Å². The van der Waals surface area contributed by atoms with Crippen molar-refractivity contribution in [3.05, 3.63) is 59.8 Å². The van der Waals surface area contributed by atoms with Gasteiger partial charge in [-0.25, -0.2) is 19.2 Å². The summed E-state index contributed by atoms with van der Waals surface area (Å²) in [6.45, 7) is 0.412. The van der Waals surface area contributed by atoms with Crippen LogP contribution in [0.2, 0.25) is 0 Å². The molecular weight excluding hydrogens is 391 g/mol. The lowest BCUT2D eigenvalue weighted by Crippen LogP contribution is -2.08. The Morgan fingerprint density at radius 2 is 1.97 bits per heavy atom. The molecular formula is C21H19FN4O4. The summed E-state index contributed by atoms with van der Waals surface area (Å²) in [6.07, 6.45) is 3.22. The quantitative estimate of drug-likeness (QED) is 0.487. The van der Waals surface area contributed by atoms with Crippen molar-refractivity contribution < 1.29 is 23.4 Å². The maximum absolute atomic E-state index is 14.4. The fourth-order valence-corrected chi connectivity index (χ4v) is 3.25. The van der Waals surface area contributed by atoms with Gasteiger partial charge in [-0.3, -0.25) is 4.40 Å². The van der Waals surface area contributed by atoms with Gasteiger partial charge >= 0.3 is 5.97 Å². The molecule has 0 aliphatic rings. The lowest BCUT2D eigenvalue weighted by Gasteiger charge is -2.14. The van der Waals surface area contributed by atoms with Crippen molar-refractivity contribution in [1.29, 1.82) is 0 Å². The highest BCUT2D eigenvalue weighted by molar-refractivity contribution is 5.95. The van der Waals surface area contributed by atoms with Crippen molar-refractivity contribution in [2.45, 2.75) is 6.54 Å². The van der Waals surface area contributed by atoms with Crippen molar-refractivity contribution in [2.75, 3.05) is 26.6 Å². The Kier molecular flexibility index (Phi) is 5.09. The molecule has 0 saturated carbocycles. The monoisotopic (exact) mass is 410 g/mol. The molecule has 0 unspecified atom stereocenters. The molecule has 4 aromatic rings. The Bertz CT molecular complexity index is 1250. The van der Waals surface area contributed by atoms with Gasteiger partial charge in [-0.1, -0.05) is 0 Å². The third kappa shape index (κ3) is 3.34. The van der Waals surface area contributed by atoms with Gasteiger partial charge in [0.15, 0.2) is 5.82 Å². The number of hydrogen-bond donors (Lipinski definition) is 1. The van der Waals surface area contributed by atoms with Gasteiger partial charge in [0.1, 0.15) is 22.8 Å². The first-order valence-electron chi connectivity index (χ1n) is 9.04. The van der Waals surface area contributed by atoms with E-state index in [9.17, 15) is 9.18 Å². The summed E-state index contributed by atoms with van der Waals surface area (Å²) in [7, 11) is 4.38. The number of fused-ring (bicyclic) bond motifs is 3. The minimum atomic E-state index is -0.753. The molecule has 0 aliphatic heterocycles. The SMILES string of the molecule is COC(=O)c1cc2c(cc1F)nc(NCc1ccc(OC)cc1OC)c1cncn12. The van der Waals surface area contributed by atoms with Crippen LogP contribution in [0.15, 0.2) is 42.9 Å². The second-order valence-electron chi connectivity index (χ2n) is 6.45. The molecule has 9 heteroatoms. The van der Waals surface area contributed by atoms with Crippen LogP contribution in [0.5, 0.6) is 11.5 Å². The molecule has 1 N–H and O–H groups in total. The number of aromatic nitrogens is 3. The van der Waals surface area contributed by atoms with Gasteiger partial charge in [0.2, 0.25) is 0 Å². The summed E-state index contributed by atoms with van der Waals surface area (Å²) in [4.78, 5) is 20.6. The lowest BCUT2D eigenvalue weighted by molar-refractivity contribution is 0.0595. The predicted octanol–water partition coefficient (Wildman–Crippen LogP) is 3.44. The first-order chi connectivity index (χ1) is 14.5. The Balaban J connectivity index is 1.75. The zero-order valence-electron chi connectivity index (χ0n) is 16.6. The standard InChI is InChI=1S/C21H19FN4O4/c1-28-13-5-4-12(19(6-13)29-2)9-24-20-18-10-23-11-26(18)17-7-14(21(27)30-3)15(22)8-16(17)25-20/h4-8,10-11H,9H2,1-3H3,(H,24,25). The van der Waals surface area contributed by atoms with Gasteiger partial charge in [0.25, 0.3) is 0 Å². The number of carbonyl (C=O) groups excluding carboxylic acids is 1. The molecule has 0 fully saturated rings. The van der Waals surface area contributed by atoms with Crippen molar-refractivity contribution >= 4 is 28.3 Å². The number of rotatable bonds is 6. The number of carbonyl (C=O) groups is 1. The van der Waals surface area contributed by atoms with E-state index in [-0.39, 0.29) is 5.56 Å². The maximum Gasteiger partial charge on any atom is 0.340 e. The van der Waals surface area contributed by atoms with Crippen molar-refractivity contribution in [1.82, 2.24) is 14.4 Å². The van der Waals surface area contributed by atoms with Crippen LogP contribution in [0.1, 0.15) is 15.9 Å². The smallest absolute Gasteiger partial charge is 0.340 e. The lowest BCUT2D eigenvalue weighted by atomic mass is 10.1. The molecule has 2 aromatic carbocycles. The molecule has 4 rings (SSSR count). The Morgan fingerprint density at radius 1 is 1.13 bits per heavy atom. The minimum absolute atomic E-state index is 0.162. The van der Waals surface area contributed by atoms with E-state index in [1.165, 1.54) is 19.2 Å². The summed E-state index contributed by atoms with van der Waals surface area (Å²) in [6, 6.07) is 8.14. The van der Waals surface area contributed by atoms with Gasteiger partial charge < -0.3 is 19.5 Å². The minimum Gasteiger partial charge on any atom is -0.497 e. The second-order valence-corrected chi connectivity index (χ2v) is 6.45. The number of nitrogens with zero attached hydrogens (tertiary/aromatic N) is 3. The number of halogens is 1. The molecule has 0 aliphatic carbocycles. The van der Waals surface area contributed by atoms with Gasteiger partial charge in [0, 0.05) is 24.2 Å². The van der Waals surface area contributed by atoms with Gasteiger partial charge in [-0.15, -0.1) is 0 Å². The first-order valence-corrected chi connectivity index (χ1v) is 9.04. The van der Waals surface area contributed by atoms with E-state index in [0.29, 0.717) is 40.4 Å². The maximum atomic E-state index is 14.4. The van der Waals surface area contributed by atoms with Crippen LogP contribution in [0.3, 0.4) is 0 Å². The summed E-state index contributed by atoms with van der Waals surface area (Å²) >= 11 is 0. The summed E-state index contributed by atoms with van der Waals surface area (Å²) in [5.74, 6) is 0.416.